The van der Waals surface area contributed by atoms with Crippen molar-refractivity contribution in [2.75, 3.05) is 0 Å². The van der Waals surface area contributed by atoms with E-state index in [1.54, 1.807) is 0 Å². The predicted molar refractivity (Wildman–Crippen MR) is 65.0 cm³/mol. The van der Waals surface area contributed by atoms with Crippen LogP contribution in [0.3, 0.4) is 0 Å². The average molecular weight is 228 g/mol. The lowest BCUT2D eigenvalue weighted by atomic mass is 9.89. The monoisotopic (exact) mass is 228 g/mol. The molecular weight excluding hydrogens is 212 g/mol. The summed E-state index contributed by atoms with van der Waals surface area (Å²) in [5.41, 5.74) is 1.05. The molecule has 0 spiro atoms. The summed E-state index contributed by atoms with van der Waals surface area (Å²) in [4.78, 5) is 0. The Morgan fingerprint density at radius 1 is 1.00 bits per heavy atom. The molecular formula is C13H16N4. The minimum Gasteiger partial charge on any atom is -0.197 e. The van der Waals surface area contributed by atoms with Gasteiger partial charge in [0.1, 0.15) is 0 Å². The first kappa shape index (κ1) is 10.4. The first-order valence-electron chi connectivity index (χ1n) is 6.29. The zero-order chi connectivity index (χ0) is 11.5. The third-order valence-corrected chi connectivity index (χ3v) is 3.46. The summed E-state index contributed by atoms with van der Waals surface area (Å²) in [6, 6.07) is 10.1. The smallest absolute Gasteiger partial charge is 0.159 e. The van der Waals surface area contributed by atoms with Crippen molar-refractivity contribution >= 4 is 0 Å². The van der Waals surface area contributed by atoms with Gasteiger partial charge in [0.2, 0.25) is 0 Å². The molecule has 0 unspecified atom stereocenters. The highest BCUT2D eigenvalue weighted by atomic mass is 15.5. The van der Waals surface area contributed by atoms with E-state index >= 15 is 0 Å². The molecule has 1 aliphatic carbocycles. The molecule has 1 fully saturated rings. The Balaban J connectivity index is 1.93. The summed E-state index contributed by atoms with van der Waals surface area (Å²) in [5.74, 6) is 1.55. The first-order valence-corrected chi connectivity index (χ1v) is 6.29. The molecule has 3 rings (SSSR count). The molecule has 0 aliphatic heterocycles. The van der Waals surface area contributed by atoms with Crippen molar-refractivity contribution in [1.29, 1.82) is 0 Å². The van der Waals surface area contributed by atoms with Gasteiger partial charge in [0, 0.05) is 5.92 Å². The zero-order valence-corrected chi connectivity index (χ0v) is 9.79. The van der Waals surface area contributed by atoms with Gasteiger partial charge < -0.3 is 0 Å². The zero-order valence-electron chi connectivity index (χ0n) is 9.79. The Kier molecular flexibility index (Phi) is 2.86. The molecule has 1 heterocycles. The van der Waals surface area contributed by atoms with E-state index in [1.165, 1.54) is 32.1 Å². The van der Waals surface area contributed by atoms with E-state index in [2.05, 4.69) is 15.5 Å². The fourth-order valence-electron chi connectivity index (χ4n) is 2.56. The number of tetrazole rings is 1. The summed E-state index contributed by atoms with van der Waals surface area (Å²) < 4.78 is 1.88. The summed E-state index contributed by atoms with van der Waals surface area (Å²) >= 11 is 0. The van der Waals surface area contributed by atoms with Crippen LogP contribution in [-0.4, -0.2) is 20.2 Å². The van der Waals surface area contributed by atoms with Crippen molar-refractivity contribution in [2.45, 2.75) is 38.0 Å². The van der Waals surface area contributed by atoms with Crippen LogP contribution in [0.5, 0.6) is 0 Å². The second kappa shape index (κ2) is 4.65. The molecule has 0 N–H and O–H groups in total. The van der Waals surface area contributed by atoms with E-state index in [0.29, 0.717) is 5.92 Å². The van der Waals surface area contributed by atoms with E-state index in [0.717, 1.165) is 11.5 Å². The van der Waals surface area contributed by atoms with Crippen LogP contribution in [0, 0.1) is 0 Å². The first-order chi connectivity index (χ1) is 8.45. The molecule has 1 aromatic carbocycles. The van der Waals surface area contributed by atoms with Crippen LogP contribution < -0.4 is 0 Å². The van der Waals surface area contributed by atoms with Gasteiger partial charge in [0.15, 0.2) is 5.82 Å². The van der Waals surface area contributed by atoms with Crippen LogP contribution in [0.1, 0.15) is 43.8 Å². The van der Waals surface area contributed by atoms with Gasteiger partial charge in [0.05, 0.1) is 5.69 Å². The highest BCUT2D eigenvalue weighted by molar-refractivity contribution is 5.31. The molecule has 0 radical (unpaired) electrons. The van der Waals surface area contributed by atoms with Gasteiger partial charge in [-0.15, -0.1) is 5.10 Å². The van der Waals surface area contributed by atoms with Gasteiger partial charge in [0.25, 0.3) is 0 Å². The number of benzene rings is 1. The largest absolute Gasteiger partial charge is 0.197 e. The third-order valence-electron chi connectivity index (χ3n) is 3.46. The fraction of sp³-hybridized carbons (Fsp3) is 0.462. The van der Waals surface area contributed by atoms with Gasteiger partial charge in [-0.05, 0) is 35.4 Å². The molecule has 0 bridgehead atoms. The van der Waals surface area contributed by atoms with Crippen molar-refractivity contribution in [2.24, 2.45) is 0 Å². The van der Waals surface area contributed by atoms with E-state index in [-0.39, 0.29) is 0 Å². The van der Waals surface area contributed by atoms with Crippen molar-refractivity contribution in [3.63, 3.8) is 0 Å². The number of nitrogens with zero attached hydrogens (tertiary/aromatic N) is 4. The van der Waals surface area contributed by atoms with Crippen molar-refractivity contribution < 1.29 is 0 Å². The van der Waals surface area contributed by atoms with E-state index < -0.39 is 0 Å². The van der Waals surface area contributed by atoms with Gasteiger partial charge in [-0.25, -0.2) is 0 Å². The number of para-hydroxylation sites is 1. The minimum atomic E-state index is 0.527. The van der Waals surface area contributed by atoms with E-state index in [1.807, 2.05) is 35.0 Å². The maximum Gasteiger partial charge on any atom is 0.159 e. The van der Waals surface area contributed by atoms with Gasteiger partial charge in [-0.3, -0.25) is 0 Å². The average Bonchev–Trinajstić information content (AvgIpc) is 2.90. The van der Waals surface area contributed by atoms with Crippen LogP contribution >= 0.6 is 0 Å². The molecule has 4 heteroatoms. The molecule has 0 saturated heterocycles. The van der Waals surface area contributed by atoms with Crippen molar-refractivity contribution in [3.8, 4) is 5.69 Å². The molecule has 0 amide bonds. The number of hydrogen-bond donors (Lipinski definition) is 0. The lowest BCUT2D eigenvalue weighted by Crippen LogP contribution is -2.12. The van der Waals surface area contributed by atoms with Gasteiger partial charge in [-0.1, -0.05) is 37.5 Å². The lowest BCUT2D eigenvalue weighted by molar-refractivity contribution is 0.422. The normalized spacial score (nSPS) is 17.2. The molecule has 17 heavy (non-hydrogen) atoms. The minimum absolute atomic E-state index is 0.527. The molecule has 1 aromatic heterocycles. The molecule has 1 saturated carbocycles. The Morgan fingerprint density at radius 2 is 1.76 bits per heavy atom. The second-order valence-electron chi connectivity index (χ2n) is 4.62. The third kappa shape index (κ3) is 2.07. The predicted octanol–water partition coefficient (Wildman–Crippen LogP) is 2.71. The summed E-state index contributed by atoms with van der Waals surface area (Å²) in [6.07, 6.45) is 6.38. The molecule has 0 atom stereocenters. The van der Waals surface area contributed by atoms with E-state index in [4.69, 9.17) is 0 Å². The molecule has 2 aromatic rings. The second-order valence-corrected chi connectivity index (χ2v) is 4.62. The number of hydrogen-bond acceptors (Lipinski definition) is 3. The summed E-state index contributed by atoms with van der Waals surface area (Å²) in [5, 5.41) is 12.2. The van der Waals surface area contributed by atoms with Gasteiger partial charge in [-0.2, -0.15) is 4.68 Å². The summed E-state index contributed by atoms with van der Waals surface area (Å²) in [6.45, 7) is 0. The number of aromatic nitrogens is 4. The Morgan fingerprint density at radius 3 is 2.53 bits per heavy atom. The fourth-order valence-corrected chi connectivity index (χ4v) is 2.56. The lowest BCUT2D eigenvalue weighted by Gasteiger charge is -2.20. The van der Waals surface area contributed by atoms with Crippen molar-refractivity contribution in [3.05, 3.63) is 36.2 Å². The maximum absolute atomic E-state index is 4.22. The molecule has 4 nitrogen and oxygen atoms in total. The summed E-state index contributed by atoms with van der Waals surface area (Å²) in [7, 11) is 0. The number of rotatable bonds is 2. The topological polar surface area (TPSA) is 43.6 Å². The molecule has 88 valence electrons. The van der Waals surface area contributed by atoms with Crippen LogP contribution in [0.25, 0.3) is 5.69 Å². The highest BCUT2D eigenvalue weighted by Crippen LogP contribution is 2.31. The standard InChI is InChI=1S/C13H16N4/c1-3-7-11(8-4-1)13-14-15-16-17(13)12-9-5-2-6-10-12/h2,5-6,9-11H,1,3-4,7-8H2. The SMILES string of the molecule is c1ccc(-n2nnnc2C2CCCCC2)cc1. The van der Waals surface area contributed by atoms with Crippen molar-refractivity contribution in [1.82, 2.24) is 20.2 Å². The molecule has 1 aliphatic rings. The van der Waals surface area contributed by atoms with Gasteiger partial charge >= 0.3 is 0 Å². The van der Waals surface area contributed by atoms with Crippen LogP contribution in [0.15, 0.2) is 30.3 Å². The quantitative estimate of drug-likeness (QED) is 0.793. The maximum atomic E-state index is 4.22. The van der Waals surface area contributed by atoms with Crippen LogP contribution in [-0.2, 0) is 0 Å². The highest BCUT2D eigenvalue weighted by Gasteiger charge is 2.21. The van der Waals surface area contributed by atoms with E-state index in [9.17, 15) is 0 Å². The van der Waals surface area contributed by atoms with Crippen LogP contribution in [0.2, 0.25) is 0 Å². The Hall–Kier alpha value is -1.71. The Labute approximate surface area is 101 Å². The van der Waals surface area contributed by atoms with Crippen LogP contribution in [0.4, 0.5) is 0 Å². The Bertz CT molecular complexity index is 471.